The van der Waals surface area contributed by atoms with E-state index >= 15 is 0 Å². The fourth-order valence-electron chi connectivity index (χ4n) is 2.12. The highest BCUT2D eigenvalue weighted by atomic mass is 32.1. The van der Waals surface area contributed by atoms with E-state index in [1.54, 1.807) is 16.7 Å². The summed E-state index contributed by atoms with van der Waals surface area (Å²) < 4.78 is 8.53. The average Bonchev–Trinajstić information content (AvgIpc) is 3.26. The molecule has 0 saturated carbocycles. The van der Waals surface area contributed by atoms with Crippen LogP contribution in [0.1, 0.15) is 10.6 Å². The second-order valence-electron chi connectivity index (χ2n) is 4.86. The van der Waals surface area contributed by atoms with Gasteiger partial charge in [-0.3, -0.25) is 4.79 Å². The van der Waals surface area contributed by atoms with E-state index in [9.17, 15) is 4.79 Å². The van der Waals surface area contributed by atoms with Gasteiger partial charge in [-0.05, 0) is 24.3 Å². The van der Waals surface area contributed by atoms with E-state index in [1.165, 1.54) is 22.7 Å². The number of benzene rings is 1. The number of hydrogen-bond donors (Lipinski definition) is 0. The first-order valence-corrected chi connectivity index (χ1v) is 8.55. The minimum absolute atomic E-state index is 0.215. The summed E-state index contributed by atoms with van der Waals surface area (Å²) in [4.78, 5) is 21.4. The number of para-hydroxylation sites is 1. The van der Waals surface area contributed by atoms with Crippen LogP contribution >= 0.6 is 22.7 Å². The van der Waals surface area contributed by atoms with Crippen LogP contribution in [-0.2, 0) is 7.05 Å². The Balaban J connectivity index is 1.69. The molecular weight excluding hydrogens is 330 g/mol. The Bertz CT molecular complexity index is 1040. The molecule has 0 atom stereocenters. The van der Waals surface area contributed by atoms with Gasteiger partial charge < -0.3 is 8.98 Å². The zero-order valence-corrected chi connectivity index (χ0v) is 13.7. The zero-order chi connectivity index (χ0) is 15.8. The monoisotopic (exact) mass is 341 g/mol. The molecule has 0 fully saturated rings. The summed E-state index contributed by atoms with van der Waals surface area (Å²) >= 11 is 2.94. The molecule has 3 heterocycles. The van der Waals surface area contributed by atoms with Gasteiger partial charge in [0.15, 0.2) is 21.3 Å². The molecule has 0 saturated heterocycles. The predicted octanol–water partition coefficient (Wildman–Crippen LogP) is 3.70. The molecule has 1 amide bonds. The van der Waals surface area contributed by atoms with Crippen LogP contribution in [0.4, 0.5) is 0 Å². The Morgan fingerprint density at radius 2 is 2.13 bits per heavy atom. The van der Waals surface area contributed by atoms with Crippen LogP contribution in [0.15, 0.2) is 57.4 Å². The van der Waals surface area contributed by atoms with Gasteiger partial charge in [0.25, 0.3) is 0 Å². The maximum atomic E-state index is 12.2. The van der Waals surface area contributed by atoms with Gasteiger partial charge in [0, 0.05) is 18.6 Å². The maximum absolute atomic E-state index is 12.2. The Hall–Kier alpha value is -2.51. The minimum atomic E-state index is -0.393. The molecule has 0 aliphatic heterocycles. The number of thiazole rings is 2. The van der Waals surface area contributed by atoms with E-state index in [4.69, 9.17) is 4.42 Å². The molecule has 4 aromatic rings. The summed E-state index contributed by atoms with van der Waals surface area (Å²) in [6, 6.07) is 11.3. The molecule has 0 spiro atoms. The number of aromatic nitrogens is 2. The number of carbonyl (C=O) groups excluding carboxylic acids is 1. The number of nitrogens with zero attached hydrogens (tertiary/aromatic N) is 3. The Morgan fingerprint density at radius 3 is 2.91 bits per heavy atom. The molecule has 0 N–H and O–H groups in total. The molecule has 3 aromatic heterocycles. The molecule has 0 bridgehead atoms. The van der Waals surface area contributed by atoms with E-state index < -0.39 is 5.91 Å². The first kappa shape index (κ1) is 14.1. The van der Waals surface area contributed by atoms with Gasteiger partial charge in [-0.2, -0.15) is 4.99 Å². The summed E-state index contributed by atoms with van der Waals surface area (Å²) in [7, 11) is 1.84. The Kier molecular flexibility index (Phi) is 3.44. The van der Waals surface area contributed by atoms with Gasteiger partial charge in [-0.1, -0.05) is 12.1 Å². The molecule has 0 radical (unpaired) electrons. The highest BCUT2D eigenvalue weighted by molar-refractivity contribution is 7.21. The van der Waals surface area contributed by atoms with Gasteiger partial charge in [0.1, 0.15) is 0 Å². The molecule has 7 heteroatoms. The lowest BCUT2D eigenvalue weighted by atomic mass is 10.3. The molecule has 5 nitrogen and oxygen atoms in total. The van der Waals surface area contributed by atoms with Crippen LogP contribution in [0.5, 0.6) is 0 Å². The van der Waals surface area contributed by atoms with Gasteiger partial charge in [0.2, 0.25) is 0 Å². The van der Waals surface area contributed by atoms with Crippen molar-refractivity contribution in [3.05, 3.63) is 58.5 Å². The van der Waals surface area contributed by atoms with E-state index in [2.05, 4.69) is 9.98 Å². The first-order chi connectivity index (χ1) is 11.2. The molecule has 4 rings (SSSR count). The molecular formula is C16H11N3O2S2. The van der Waals surface area contributed by atoms with Gasteiger partial charge in [-0.25, -0.2) is 4.98 Å². The van der Waals surface area contributed by atoms with Crippen molar-refractivity contribution in [2.75, 3.05) is 0 Å². The fraction of sp³-hybridized carbons (Fsp3) is 0.0625. The highest BCUT2D eigenvalue weighted by Crippen LogP contribution is 2.31. The lowest BCUT2D eigenvalue weighted by Crippen LogP contribution is -2.12. The number of amides is 1. The van der Waals surface area contributed by atoms with E-state index in [-0.39, 0.29) is 5.76 Å². The van der Waals surface area contributed by atoms with E-state index in [1.807, 2.05) is 42.9 Å². The minimum Gasteiger partial charge on any atom is -0.448 e. The highest BCUT2D eigenvalue weighted by Gasteiger charge is 2.14. The van der Waals surface area contributed by atoms with Crippen LogP contribution < -0.4 is 4.80 Å². The Morgan fingerprint density at radius 1 is 1.26 bits per heavy atom. The maximum Gasteiger partial charge on any atom is 0.315 e. The number of hydrogen-bond acceptors (Lipinski definition) is 5. The van der Waals surface area contributed by atoms with Crippen molar-refractivity contribution >= 4 is 38.8 Å². The third-order valence-electron chi connectivity index (χ3n) is 3.28. The molecule has 1 aromatic carbocycles. The predicted molar refractivity (Wildman–Crippen MR) is 90.5 cm³/mol. The molecule has 0 aliphatic rings. The molecule has 23 heavy (non-hydrogen) atoms. The lowest BCUT2D eigenvalue weighted by molar-refractivity contribution is 0.0972. The van der Waals surface area contributed by atoms with Gasteiger partial charge >= 0.3 is 5.91 Å². The standard InChI is InChI=1S/C16H11N3O2S2/c1-19-8-9-22-16(19)18-14(20)11-6-7-12(21-11)15-17-10-4-2-3-5-13(10)23-15/h2-9H,1H3. The summed E-state index contributed by atoms with van der Waals surface area (Å²) in [6.45, 7) is 0. The van der Waals surface area contributed by atoms with E-state index in [0.717, 1.165) is 15.2 Å². The normalized spacial score (nSPS) is 12.1. The third-order valence-corrected chi connectivity index (χ3v) is 5.18. The van der Waals surface area contributed by atoms with Crippen molar-refractivity contribution in [2.24, 2.45) is 12.0 Å². The topological polar surface area (TPSA) is 60.4 Å². The third kappa shape index (κ3) is 2.64. The average molecular weight is 341 g/mol. The van der Waals surface area contributed by atoms with Crippen molar-refractivity contribution in [2.45, 2.75) is 0 Å². The second-order valence-corrected chi connectivity index (χ2v) is 6.77. The van der Waals surface area contributed by atoms with Crippen LogP contribution in [-0.4, -0.2) is 15.5 Å². The van der Waals surface area contributed by atoms with Crippen molar-refractivity contribution in [1.29, 1.82) is 0 Å². The number of carbonyl (C=O) groups is 1. The summed E-state index contributed by atoms with van der Waals surface area (Å²) in [5.41, 5.74) is 0.923. The van der Waals surface area contributed by atoms with Gasteiger partial charge in [-0.15, -0.1) is 22.7 Å². The summed E-state index contributed by atoms with van der Waals surface area (Å²) in [5, 5.41) is 2.63. The first-order valence-electron chi connectivity index (χ1n) is 6.86. The SMILES string of the molecule is Cn1ccsc1=NC(=O)c1ccc(-c2nc3ccccc3s2)o1. The van der Waals surface area contributed by atoms with Gasteiger partial charge in [0.05, 0.1) is 10.2 Å². The lowest BCUT2D eigenvalue weighted by Gasteiger charge is -1.91. The van der Waals surface area contributed by atoms with Crippen LogP contribution in [0.25, 0.3) is 21.0 Å². The number of furan rings is 1. The molecule has 0 aliphatic carbocycles. The van der Waals surface area contributed by atoms with Crippen LogP contribution in [0.3, 0.4) is 0 Å². The number of fused-ring (bicyclic) bond motifs is 1. The molecule has 114 valence electrons. The summed E-state index contributed by atoms with van der Waals surface area (Å²) in [6.07, 6.45) is 1.85. The number of rotatable bonds is 2. The van der Waals surface area contributed by atoms with Crippen molar-refractivity contribution in [3.63, 3.8) is 0 Å². The summed E-state index contributed by atoms with van der Waals surface area (Å²) in [5.74, 6) is 0.406. The van der Waals surface area contributed by atoms with Crippen molar-refractivity contribution in [1.82, 2.24) is 9.55 Å². The van der Waals surface area contributed by atoms with Crippen molar-refractivity contribution in [3.8, 4) is 10.8 Å². The second kappa shape index (κ2) is 5.60. The van der Waals surface area contributed by atoms with Crippen molar-refractivity contribution < 1.29 is 9.21 Å². The van der Waals surface area contributed by atoms with E-state index in [0.29, 0.717) is 10.6 Å². The van der Waals surface area contributed by atoms with Crippen LogP contribution in [0, 0.1) is 0 Å². The fourth-order valence-corrected chi connectivity index (χ4v) is 3.78. The Labute approximate surface area is 139 Å². The smallest absolute Gasteiger partial charge is 0.315 e. The zero-order valence-electron chi connectivity index (χ0n) is 12.1. The quantitative estimate of drug-likeness (QED) is 0.558. The number of aryl methyl sites for hydroxylation is 1. The largest absolute Gasteiger partial charge is 0.448 e. The molecule has 0 unspecified atom stereocenters. The van der Waals surface area contributed by atoms with Crippen LogP contribution in [0.2, 0.25) is 0 Å².